The molecular weight excluding hydrogens is 402 g/mol. The summed E-state index contributed by atoms with van der Waals surface area (Å²) in [7, 11) is 5.38. The molecule has 0 aliphatic carbocycles. The van der Waals surface area contributed by atoms with E-state index in [0.29, 0.717) is 13.2 Å². The van der Waals surface area contributed by atoms with E-state index in [2.05, 4.69) is 42.1 Å². The number of pyridine rings is 1. The van der Waals surface area contributed by atoms with Gasteiger partial charge in [0.25, 0.3) is 0 Å². The van der Waals surface area contributed by atoms with Gasteiger partial charge in [0, 0.05) is 5.39 Å². The summed E-state index contributed by atoms with van der Waals surface area (Å²) in [6, 6.07) is 12.5. The number of hydrogen-bond acceptors (Lipinski definition) is 4. The first-order chi connectivity index (χ1) is 14.1. The van der Waals surface area contributed by atoms with Crippen LogP contribution in [0.2, 0.25) is 0 Å². The monoisotopic (exact) mass is 427 g/mol. The molecule has 0 aliphatic rings. The first kappa shape index (κ1) is 21.8. The van der Waals surface area contributed by atoms with Crippen molar-refractivity contribution in [2.75, 3.05) is 27.4 Å². The van der Waals surface area contributed by atoms with E-state index in [1.807, 2.05) is 26.0 Å². The summed E-state index contributed by atoms with van der Waals surface area (Å²) in [6.07, 6.45) is 2.12. The van der Waals surface area contributed by atoms with Crippen molar-refractivity contribution in [2.24, 2.45) is 7.05 Å². The largest absolute Gasteiger partial charge is 1.00 e. The minimum Gasteiger partial charge on any atom is -1.00 e. The standard InChI is InChI=1S/C24H26NO4.ClH/c1-6-28-22-10-15-8-9-17-18-12-21(27-5)20(26-4)11-16(18)14-25(3)24(17)19(15)13-23(22)29-7-2;/h8-14H,6-7H2,1-5H3;1H/q+1;/p-1. The number of fused-ring (bicyclic) bond motifs is 5. The Kier molecular flexibility index (Phi) is 6.42. The average Bonchev–Trinajstić information content (AvgIpc) is 2.73. The number of halogens is 1. The Labute approximate surface area is 182 Å². The van der Waals surface area contributed by atoms with E-state index in [4.69, 9.17) is 18.9 Å². The van der Waals surface area contributed by atoms with E-state index in [1.54, 1.807) is 14.2 Å². The van der Waals surface area contributed by atoms with E-state index < -0.39 is 0 Å². The third-order valence-corrected chi connectivity index (χ3v) is 5.19. The van der Waals surface area contributed by atoms with Gasteiger partial charge < -0.3 is 31.4 Å². The molecule has 0 atom stereocenters. The molecule has 0 saturated carbocycles. The van der Waals surface area contributed by atoms with E-state index >= 15 is 0 Å². The van der Waals surface area contributed by atoms with Crippen LogP contribution in [0.5, 0.6) is 23.0 Å². The van der Waals surface area contributed by atoms with Crippen LogP contribution < -0.4 is 35.9 Å². The predicted octanol–water partition coefficient (Wildman–Crippen LogP) is 1.79. The van der Waals surface area contributed by atoms with Crippen molar-refractivity contribution in [1.29, 1.82) is 0 Å². The van der Waals surface area contributed by atoms with Crippen LogP contribution >= 0.6 is 0 Å². The minimum absolute atomic E-state index is 0. The average molecular weight is 428 g/mol. The lowest BCUT2D eigenvalue weighted by Gasteiger charge is -2.14. The summed E-state index contributed by atoms with van der Waals surface area (Å²) in [4.78, 5) is 0. The highest BCUT2D eigenvalue weighted by Gasteiger charge is 2.19. The number of ether oxygens (including phenoxy) is 4. The number of benzene rings is 3. The van der Waals surface area contributed by atoms with E-state index in [1.165, 1.54) is 0 Å². The fraction of sp³-hybridized carbons (Fsp3) is 0.292. The molecule has 0 bridgehead atoms. The summed E-state index contributed by atoms with van der Waals surface area (Å²) < 4.78 is 24.8. The highest BCUT2D eigenvalue weighted by atomic mass is 35.5. The number of hydrogen-bond donors (Lipinski definition) is 0. The first-order valence-electron chi connectivity index (χ1n) is 9.81. The Bertz CT molecular complexity index is 1220. The van der Waals surface area contributed by atoms with Crippen LogP contribution in [0, 0.1) is 0 Å². The number of aryl methyl sites for hydroxylation is 1. The molecule has 1 heterocycles. The van der Waals surface area contributed by atoms with Crippen LogP contribution in [0.25, 0.3) is 32.4 Å². The summed E-state index contributed by atoms with van der Waals surface area (Å²) >= 11 is 0. The third-order valence-electron chi connectivity index (χ3n) is 5.19. The molecule has 3 aromatic carbocycles. The zero-order valence-electron chi connectivity index (χ0n) is 17.9. The van der Waals surface area contributed by atoms with E-state index in [9.17, 15) is 0 Å². The van der Waals surface area contributed by atoms with Gasteiger partial charge in [0.05, 0.1) is 43.6 Å². The van der Waals surface area contributed by atoms with Gasteiger partial charge in [-0.1, -0.05) is 6.07 Å². The topological polar surface area (TPSA) is 40.8 Å². The molecule has 30 heavy (non-hydrogen) atoms. The lowest BCUT2D eigenvalue weighted by atomic mass is 10.00. The van der Waals surface area contributed by atoms with Gasteiger partial charge in [-0.15, -0.1) is 0 Å². The maximum Gasteiger partial charge on any atom is 0.220 e. The smallest absolute Gasteiger partial charge is 0.220 e. The molecule has 1 aromatic heterocycles. The lowest BCUT2D eigenvalue weighted by molar-refractivity contribution is -0.642. The van der Waals surface area contributed by atoms with Gasteiger partial charge in [-0.3, -0.25) is 0 Å². The van der Waals surface area contributed by atoms with Crippen LogP contribution in [-0.4, -0.2) is 27.4 Å². The summed E-state index contributed by atoms with van der Waals surface area (Å²) in [5.41, 5.74) is 1.13. The molecule has 0 fully saturated rings. The Balaban J connectivity index is 0.00000256. The van der Waals surface area contributed by atoms with Crippen LogP contribution in [0.4, 0.5) is 0 Å². The normalized spacial score (nSPS) is 10.8. The van der Waals surface area contributed by atoms with Crippen molar-refractivity contribution >= 4 is 32.4 Å². The number of rotatable bonds is 6. The van der Waals surface area contributed by atoms with Gasteiger partial charge in [0.15, 0.2) is 29.2 Å². The molecule has 4 rings (SSSR count). The van der Waals surface area contributed by atoms with Crippen molar-refractivity contribution < 1.29 is 35.9 Å². The highest BCUT2D eigenvalue weighted by molar-refractivity contribution is 6.14. The van der Waals surface area contributed by atoms with Crippen molar-refractivity contribution in [1.82, 2.24) is 0 Å². The fourth-order valence-corrected chi connectivity index (χ4v) is 3.96. The first-order valence-corrected chi connectivity index (χ1v) is 9.81. The third kappa shape index (κ3) is 3.54. The Hall–Kier alpha value is -2.92. The van der Waals surface area contributed by atoms with Crippen molar-refractivity contribution in [3.05, 3.63) is 42.6 Å². The predicted molar refractivity (Wildman–Crippen MR) is 116 cm³/mol. The quantitative estimate of drug-likeness (QED) is 0.347. The molecule has 158 valence electrons. The van der Waals surface area contributed by atoms with Gasteiger partial charge in [-0.25, -0.2) is 0 Å². The second-order valence-corrected chi connectivity index (χ2v) is 6.88. The second-order valence-electron chi connectivity index (χ2n) is 6.88. The molecule has 0 saturated heterocycles. The van der Waals surface area contributed by atoms with Gasteiger partial charge in [-0.2, -0.15) is 4.57 Å². The van der Waals surface area contributed by atoms with Crippen molar-refractivity contribution in [3.8, 4) is 23.0 Å². The number of nitrogens with zero attached hydrogens (tertiary/aromatic N) is 1. The molecule has 0 spiro atoms. The lowest BCUT2D eigenvalue weighted by Crippen LogP contribution is -3.00. The zero-order valence-corrected chi connectivity index (χ0v) is 18.7. The maximum absolute atomic E-state index is 5.87. The Morgan fingerprint density at radius 3 is 1.90 bits per heavy atom. The van der Waals surface area contributed by atoms with Gasteiger partial charge >= 0.3 is 0 Å². The fourth-order valence-electron chi connectivity index (χ4n) is 3.96. The van der Waals surface area contributed by atoms with E-state index in [0.717, 1.165) is 55.4 Å². The molecule has 0 unspecified atom stereocenters. The molecule has 6 heteroatoms. The number of aromatic nitrogens is 1. The Morgan fingerprint density at radius 1 is 0.700 bits per heavy atom. The molecule has 0 radical (unpaired) electrons. The van der Waals surface area contributed by atoms with Gasteiger partial charge in [0.2, 0.25) is 5.52 Å². The van der Waals surface area contributed by atoms with Crippen LogP contribution in [0.3, 0.4) is 0 Å². The highest BCUT2D eigenvalue weighted by Crippen LogP contribution is 2.39. The van der Waals surface area contributed by atoms with Gasteiger partial charge in [0.1, 0.15) is 7.05 Å². The van der Waals surface area contributed by atoms with E-state index in [-0.39, 0.29) is 12.4 Å². The van der Waals surface area contributed by atoms with Crippen LogP contribution in [0.15, 0.2) is 42.6 Å². The molecular formula is C24H26ClNO4. The maximum atomic E-state index is 5.87. The SMILES string of the molecule is CCOc1cc2ccc3c4cc(OC)c(OC)cc4c[n+](C)c3c2cc1OCC.[Cl-]. The molecule has 0 N–H and O–H groups in total. The minimum atomic E-state index is 0. The summed E-state index contributed by atoms with van der Waals surface area (Å²) in [6.45, 7) is 5.14. The van der Waals surface area contributed by atoms with Gasteiger partial charge in [-0.05, 0) is 49.6 Å². The molecule has 4 aromatic rings. The zero-order chi connectivity index (χ0) is 20.5. The second kappa shape index (κ2) is 8.84. The van der Waals surface area contributed by atoms with Crippen molar-refractivity contribution in [2.45, 2.75) is 13.8 Å². The molecule has 5 nitrogen and oxygen atoms in total. The number of methoxy groups -OCH3 is 2. The summed E-state index contributed by atoms with van der Waals surface area (Å²) in [5, 5.41) is 5.58. The van der Waals surface area contributed by atoms with Crippen molar-refractivity contribution in [3.63, 3.8) is 0 Å². The molecule has 0 amide bonds. The molecule has 0 aliphatic heterocycles. The summed E-state index contributed by atoms with van der Waals surface area (Å²) in [5.74, 6) is 2.98. The Morgan fingerprint density at radius 2 is 1.27 bits per heavy atom. The van der Waals surface area contributed by atoms with Crippen LogP contribution in [0.1, 0.15) is 13.8 Å². The van der Waals surface area contributed by atoms with Crippen LogP contribution in [-0.2, 0) is 7.05 Å².